The number of hydrogen-bond acceptors (Lipinski definition) is 7. The van der Waals surface area contributed by atoms with Crippen molar-refractivity contribution in [2.75, 3.05) is 69.3 Å². The molecule has 1 unspecified atom stereocenters. The van der Waals surface area contributed by atoms with E-state index < -0.39 is 6.10 Å². The smallest absolute Gasteiger partial charge is 1.00 e. The molecule has 0 aliphatic carbocycles. The van der Waals surface area contributed by atoms with Gasteiger partial charge in [0.1, 0.15) is 0 Å². The summed E-state index contributed by atoms with van der Waals surface area (Å²) >= 11 is 25.2. The molecule has 2 N–H and O–H groups in total. The molecule has 0 aromatic heterocycles. The third-order valence-corrected chi connectivity index (χ3v) is 16.3. The van der Waals surface area contributed by atoms with Crippen LogP contribution < -0.4 is 39.4 Å². The fourth-order valence-corrected chi connectivity index (χ4v) is 12.1. The number of aliphatic hydroxyl groups is 2. The predicted molar refractivity (Wildman–Crippen MR) is 274 cm³/mol. The van der Waals surface area contributed by atoms with Gasteiger partial charge in [0.25, 0.3) is 0 Å². The van der Waals surface area contributed by atoms with Gasteiger partial charge >= 0.3 is 29.6 Å². The molecule has 68 heavy (non-hydrogen) atoms. The molecule has 0 spiro atoms. The number of hydrogen-bond donors (Lipinski definition) is 2. The van der Waals surface area contributed by atoms with E-state index >= 15 is 0 Å². The summed E-state index contributed by atoms with van der Waals surface area (Å²) in [4.78, 5) is 46.3. The molecule has 6 heterocycles. The van der Waals surface area contributed by atoms with Crippen LogP contribution in [0.15, 0.2) is 60.7 Å². The third-order valence-electron chi connectivity index (χ3n) is 14.7. The minimum atomic E-state index is -0.468. The molecule has 15 heteroatoms. The number of halogens is 4. The molecule has 3 radical (unpaired) electrons. The van der Waals surface area contributed by atoms with Crippen molar-refractivity contribution < 1.29 is 55.6 Å². The van der Waals surface area contributed by atoms with Crippen LogP contribution in [-0.2, 0) is 35.3 Å². The first-order valence-corrected chi connectivity index (χ1v) is 25.4. The third kappa shape index (κ3) is 12.4. The van der Waals surface area contributed by atoms with Crippen LogP contribution in [0.2, 0.25) is 20.1 Å². The Morgan fingerprint density at radius 3 is 1.54 bits per heavy atom. The molecule has 2 fully saturated rings. The molecular formula is C53H63BCl4N4NaO5. The van der Waals surface area contributed by atoms with E-state index in [4.69, 9.17) is 51.5 Å². The van der Waals surface area contributed by atoms with Crippen LogP contribution in [0.25, 0.3) is 0 Å². The van der Waals surface area contributed by atoms with Crippen molar-refractivity contribution >= 4 is 83.8 Å². The Bertz CT molecular complexity index is 2400. The molecule has 2 saturated heterocycles. The number of nitrogens with zero attached hydrogens (tertiary/aromatic N) is 4. The first-order valence-electron chi connectivity index (χ1n) is 23.9. The molecule has 4 aromatic carbocycles. The van der Waals surface area contributed by atoms with Crippen LogP contribution in [0.1, 0.15) is 133 Å². The Kier molecular flexibility index (Phi) is 20.4. The summed E-state index contributed by atoms with van der Waals surface area (Å²) in [6.45, 7) is 7.25. The van der Waals surface area contributed by atoms with Crippen LogP contribution in [0, 0.1) is 0 Å². The fourth-order valence-electron chi connectivity index (χ4n) is 11.2. The zero-order chi connectivity index (χ0) is 46.5. The normalized spacial score (nSPS) is 18.7. The zero-order valence-electron chi connectivity index (χ0n) is 40.6. The molecule has 357 valence electrons. The quantitative estimate of drug-likeness (QED) is 0.125. The number of aliphatic hydroxyl groups excluding tert-OH is 2. The Hall–Kier alpha value is -2.45. The molecule has 6 aliphatic heterocycles. The van der Waals surface area contributed by atoms with E-state index in [1.54, 1.807) is 0 Å². The number of piperidine rings is 2. The van der Waals surface area contributed by atoms with E-state index in [1.165, 1.54) is 22.3 Å². The number of ketones is 1. The minimum Gasteiger partial charge on any atom is -1.00 e. The standard InChI is InChI=1S/C26H30Cl2N2O2.C26H28Cl2N2O2.CH4O.B.Na.H/c2*27-22-5-1-4-21(25(22)28)17-8-12-29(13-9-17)14-10-23(31)20-15-18-3-2-11-30-24(32)7-6-19(16-20)26(18)30;1-2;;;/h1,4-5,15-17,23,31H,2-3,6-14H2;1,4-5,15-17H,2-3,6-14H2;2H,1H3;;;/q;;;;+1;-1. The number of benzene rings is 4. The van der Waals surface area contributed by atoms with Gasteiger partial charge in [0.2, 0.25) is 11.8 Å². The molecular weight excluding hydrogens is 948 g/mol. The Morgan fingerprint density at radius 2 is 1.06 bits per heavy atom. The van der Waals surface area contributed by atoms with Gasteiger partial charge in [-0.3, -0.25) is 14.4 Å². The Balaban J connectivity index is 0.000000239. The van der Waals surface area contributed by atoms with Crippen molar-refractivity contribution in [3.63, 3.8) is 0 Å². The van der Waals surface area contributed by atoms with Gasteiger partial charge in [-0.05, 0) is 172 Å². The molecule has 1 atom stereocenters. The van der Waals surface area contributed by atoms with Crippen LogP contribution in [0.5, 0.6) is 0 Å². The van der Waals surface area contributed by atoms with Crippen LogP contribution in [-0.4, -0.2) is 105 Å². The number of anilines is 2. The second-order valence-electron chi connectivity index (χ2n) is 18.6. The van der Waals surface area contributed by atoms with Gasteiger partial charge in [-0.25, -0.2) is 0 Å². The number of rotatable bonds is 10. The van der Waals surface area contributed by atoms with Crippen molar-refractivity contribution in [1.82, 2.24) is 9.80 Å². The summed E-state index contributed by atoms with van der Waals surface area (Å²) in [6, 6.07) is 20.2. The van der Waals surface area contributed by atoms with Crippen LogP contribution >= 0.6 is 46.4 Å². The van der Waals surface area contributed by atoms with Crippen LogP contribution in [0.3, 0.4) is 0 Å². The first kappa shape index (κ1) is 54.9. The SMILES string of the molecule is CO.O=C(CCN1CCC(c2cccc(Cl)c2Cl)CC1)c1cc2c3c(c1)CCC(=O)N3CCC2.O=C1CCc2cc(C(O)CCN3CCC(c4cccc(Cl)c4Cl)CC3)cc3c2N1CCC3.[B].[H-].[Na+]. The molecule has 4 aromatic rings. The zero-order valence-corrected chi connectivity index (χ0v) is 44.6. The number of carbonyl (C=O) groups excluding carboxylic acids is 3. The van der Waals surface area contributed by atoms with Gasteiger partial charge in [-0.1, -0.05) is 82.8 Å². The van der Waals surface area contributed by atoms with Crippen molar-refractivity contribution in [2.24, 2.45) is 0 Å². The number of carbonyl (C=O) groups is 3. The van der Waals surface area contributed by atoms with E-state index in [1.807, 2.05) is 46.2 Å². The Morgan fingerprint density at radius 1 is 0.632 bits per heavy atom. The largest absolute Gasteiger partial charge is 1.00 e. The summed E-state index contributed by atoms with van der Waals surface area (Å²) in [5, 5.41) is 20.6. The first-order chi connectivity index (χ1) is 32.0. The minimum absolute atomic E-state index is 0. The summed E-state index contributed by atoms with van der Waals surface area (Å²) in [5.74, 6) is 1.54. The maximum Gasteiger partial charge on any atom is 1.00 e. The summed E-state index contributed by atoms with van der Waals surface area (Å²) < 4.78 is 0. The van der Waals surface area contributed by atoms with E-state index in [9.17, 15) is 19.5 Å². The van der Waals surface area contributed by atoms with Crippen LogP contribution in [0.4, 0.5) is 11.4 Å². The second-order valence-corrected chi connectivity index (χ2v) is 20.2. The molecule has 6 aliphatic rings. The number of Topliss-reactive ketones (excluding diaryl/α,β-unsaturated/α-hetero) is 1. The Labute approximate surface area is 448 Å². The average Bonchev–Trinajstić information content (AvgIpc) is 3.35. The maximum atomic E-state index is 13.0. The van der Waals surface area contributed by atoms with Gasteiger partial charge in [0.05, 0.1) is 37.6 Å². The van der Waals surface area contributed by atoms with E-state index in [0.29, 0.717) is 51.2 Å². The fraction of sp³-hybridized carbons (Fsp3) is 0.491. The van der Waals surface area contributed by atoms with Gasteiger partial charge < -0.3 is 31.2 Å². The molecule has 0 saturated carbocycles. The monoisotopic (exact) mass is 1010 g/mol. The van der Waals surface area contributed by atoms with Gasteiger partial charge in [-0.2, -0.15) is 0 Å². The average molecular weight is 1010 g/mol. The number of amides is 2. The van der Waals surface area contributed by atoms with Crippen molar-refractivity contribution in [3.8, 4) is 0 Å². The van der Waals surface area contributed by atoms with Gasteiger partial charge in [0, 0.05) is 66.5 Å². The number of likely N-dealkylation sites (tertiary alicyclic amines) is 2. The summed E-state index contributed by atoms with van der Waals surface area (Å²) in [7, 11) is 1.00. The van der Waals surface area contributed by atoms with Crippen molar-refractivity contribution in [3.05, 3.63) is 125 Å². The maximum absolute atomic E-state index is 13.0. The predicted octanol–water partition coefficient (Wildman–Crippen LogP) is 7.54. The topological polar surface area (TPSA) is 105 Å². The summed E-state index contributed by atoms with van der Waals surface area (Å²) in [6.07, 6.45) is 11.6. The summed E-state index contributed by atoms with van der Waals surface area (Å²) in [5.41, 5.74) is 11.2. The van der Waals surface area contributed by atoms with E-state index in [-0.39, 0.29) is 57.0 Å². The molecule has 9 nitrogen and oxygen atoms in total. The second kappa shape index (κ2) is 25.3. The van der Waals surface area contributed by atoms with Gasteiger partial charge in [0.15, 0.2) is 5.78 Å². The molecule has 10 rings (SSSR count). The van der Waals surface area contributed by atoms with E-state index in [2.05, 4.69) is 34.1 Å². The van der Waals surface area contributed by atoms with Gasteiger partial charge in [-0.15, -0.1) is 0 Å². The van der Waals surface area contributed by atoms with Crippen molar-refractivity contribution in [2.45, 2.75) is 108 Å². The van der Waals surface area contributed by atoms with E-state index in [0.717, 1.165) is 164 Å². The number of aryl methyl sites for hydroxylation is 4. The van der Waals surface area contributed by atoms with Crippen molar-refractivity contribution in [1.29, 1.82) is 0 Å². The molecule has 2 amide bonds. The molecule has 0 bridgehead atoms.